The third-order valence-electron chi connectivity index (χ3n) is 1.72. The van der Waals surface area contributed by atoms with Crippen molar-refractivity contribution in [3.8, 4) is 0 Å². The molecule has 2 rings (SSSR count). The highest BCUT2D eigenvalue weighted by Gasteiger charge is 2.08. The molecule has 0 aliphatic rings. The van der Waals surface area contributed by atoms with Crippen LogP contribution in [-0.2, 0) is 0 Å². The average molecular weight is 207 g/mol. The van der Waals surface area contributed by atoms with Crippen molar-refractivity contribution in [2.45, 2.75) is 6.92 Å². The predicted molar refractivity (Wildman–Crippen MR) is 55.6 cm³/mol. The Balaban J connectivity index is 2.10. The minimum atomic E-state index is -0.0931. The number of carbonyl (C=O) groups is 1. The van der Waals surface area contributed by atoms with Crippen LogP contribution in [0.3, 0.4) is 0 Å². The predicted octanol–water partition coefficient (Wildman–Crippen LogP) is 2.03. The van der Waals surface area contributed by atoms with Gasteiger partial charge in [0.05, 0.1) is 16.8 Å². The van der Waals surface area contributed by atoms with Gasteiger partial charge in [0, 0.05) is 11.1 Å². The van der Waals surface area contributed by atoms with Crippen LogP contribution in [0.4, 0.5) is 5.69 Å². The molecule has 0 aliphatic carbocycles. The Hall–Kier alpha value is -1.62. The van der Waals surface area contributed by atoms with Gasteiger partial charge in [-0.05, 0) is 19.1 Å². The Bertz CT molecular complexity index is 433. The maximum absolute atomic E-state index is 11.6. The van der Waals surface area contributed by atoms with E-state index in [-0.39, 0.29) is 5.91 Å². The number of nitrogens with one attached hydrogen (secondary N) is 2. The molecular weight excluding hydrogens is 198 g/mol. The van der Waals surface area contributed by atoms with E-state index in [1.807, 2.05) is 19.1 Å². The molecule has 0 fully saturated rings. The molecular formula is C9H9N3OS. The van der Waals surface area contributed by atoms with E-state index < -0.39 is 0 Å². The molecule has 0 aromatic carbocycles. The number of thiophene rings is 1. The van der Waals surface area contributed by atoms with Crippen LogP contribution in [0.25, 0.3) is 0 Å². The number of rotatable bonds is 2. The summed E-state index contributed by atoms with van der Waals surface area (Å²) in [5, 5.41) is 9.10. The Morgan fingerprint density at radius 3 is 3.00 bits per heavy atom. The fourth-order valence-corrected chi connectivity index (χ4v) is 1.83. The lowest BCUT2D eigenvalue weighted by Gasteiger charge is -1.97. The lowest BCUT2D eigenvalue weighted by Crippen LogP contribution is -2.09. The normalized spacial score (nSPS) is 10.1. The van der Waals surface area contributed by atoms with Crippen LogP contribution in [0, 0.1) is 6.92 Å². The summed E-state index contributed by atoms with van der Waals surface area (Å²) in [4.78, 5) is 13.4. The van der Waals surface area contributed by atoms with Gasteiger partial charge in [-0.25, -0.2) is 0 Å². The number of amides is 1. The molecule has 4 nitrogen and oxygen atoms in total. The zero-order valence-corrected chi connectivity index (χ0v) is 8.39. The van der Waals surface area contributed by atoms with Crippen molar-refractivity contribution < 1.29 is 4.79 Å². The quantitative estimate of drug-likeness (QED) is 0.791. The standard InChI is InChI=1S/C9H9N3OS/c1-6-2-3-8(14-6)9(13)12-7-4-10-11-5-7/h2-5H,1H3,(H,10,11)(H,12,13). The highest BCUT2D eigenvalue weighted by Crippen LogP contribution is 2.16. The van der Waals surface area contributed by atoms with Crippen molar-refractivity contribution >= 4 is 22.9 Å². The van der Waals surface area contributed by atoms with Gasteiger partial charge in [-0.3, -0.25) is 9.89 Å². The number of H-pyrrole nitrogens is 1. The van der Waals surface area contributed by atoms with Crippen molar-refractivity contribution in [3.63, 3.8) is 0 Å². The largest absolute Gasteiger partial charge is 0.319 e. The van der Waals surface area contributed by atoms with E-state index in [0.717, 1.165) is 4.88 Å². The average Bonchev–Trinajstić information content (AvgIpc) is 2.75. The molecule has 14 heavy (non-hydrogen) atoms. The zero-order valence-electron chi connectivity index (χ0n) is 7.57. The summed E-state index contributed by atoms with van der Waals surface area (Å²) in [6, 6.07) is 3.74. The Morgan fingerprint density at radius 1 is 1.57 bits per heavy atom. The van der Waals surface area contributed by atoms with E-state index in [2.05, 4.69) is 15.5 Å². The van der Waals surface area contributed by atoms with Crippen molar-refractivity contribution in [3.05, 3.63) is 34.3 Å². The van der Waals surface area contributed by atoms with E-state index in [0.29, 0.717) is 10.6 Å². The lowest BCUT2D eigenvalue weighted by molar-refractivity contribution is 0.103. The van der Waals surface area contributed by atoms with Gasteiger partial charge in [0.15, 0.2) is 0 Å². The molecule has 2 aromatic heterocycles. The first-order valence-corrected chi connectivity index (χ1v) is 4.94. The minimum absolute atomic E-state index is 0.0931. The zero-order chi connectivity index (χ0) is 9.97. The number of hydrogen-bond acceptors (Lipinski definition) is 3. The van der Waals surface area contributed by atoms with Gasteiger partial charge in [-0.1, -0.05) is 0 Å². The lowest BCUT2D eigenvalue weighted by atomic mass is 10.4. The molecule has 0 atom stereocenters. The van der Waals surface area contributed by atoms with Crippen LogP contribution in [-0.4, -0.2) is 16.1 Å². The number of aromatic amines is 1. The van der Waals surface area contributed by atoms with Crippen LogP contribution in [0.1, 0.15) is 14.5 Å². The molecule has 0 saturated heterocycles. The highest BCUT2D eigenvalue weighted by molar-refractivity contribution is 7.14. The first-order valence-electron chi connectivity index (χ1n) is 4.12. The Labute approximate surface area is 85.0 Å². The van der Waals surface area contributed by atoms with Gasteiger partial charge in [-0.2, -0.15) is 5.10 Å². The van der Waals surface area contributed by atoms with Crippen molar-refractivity contribution in [1.29, 1.82) is 0 Å². The molecule has 0 unspecified atom stereocenters. The van der Waals surface area contributed by atoms with E-state index in [9.17, 15) is 4.79 Å². The van der Waals surface area contributed by atoms with Crippen LogP contribution in [0.5, 0.6) is 0 Å². The summed E-state index contributed by atoms with van der Waals surface area (Å²) in [5.74, 6) is -0.0931. The van der Waals surface area contributed by atoms with Crippen molar-refractivity contribution in [2.24, 2.45) is 0 Å². The van der Waals surface area contributed by atoms with Crippen molar-refractivity contribution in [2.75, 3.05) is 5.32 Å². The van der Waals surface area contributed by atoms with E-state index in [4.69, 9.17) is 0 Å². The maximum atomic E-state index is 11.6. The molecule has 1 amide bonds. The summed E-state index contributed by atoms with van der Waals surface area (Å²) in [7, 11) is 0. The van der Waals surface area contributed by atoms with Crippen molar-refractivity contribution in [1.82, 2.24) is 10.2 Å². The molecule has 0 spiro atoms. The fourth-order valence-electron chi connectivity index (χ4n) is 1.07. The number of nitrogens with zero attached hydrogens (tertiary/aromatic N) is 1. The minimum Gasteiger partial charge on any atom is -0.319 e. The second kappa shape index (κ2) is 3.63. The number of carbonyl (C=O) groups excluding carboxylic acids is 1. The van der Waals surface area contributed by atoms with Gasteiger partial charge < -0.3 is 5.32 Å². The van der Waals surface area contributed by atoms with Crippen LogP contribution < -0.4 is 5.32 Å². The third kappa shape index (κ3) is 1.82. The van der Waals surface area contributed by atoms with Crippen LogP contribution in [0.15, 0.2) is 24.5 Å². The second-order valence-electron chi connectivity index (χ2n) is 2.85. The second-order valence-corrected chi connectivity index (χ2v) is 4.14. The first-order chi connectivity index (χ1) is 6.75. The molecule has 2 heterocycles. The van der Waals surface area contributed by atoms with Gasteiger partial charge in [-0.15, -0.1) is 11.3 Å². The molecule has 0 saturated carbocycles. The Morgan fingerprint density at radius 2 is 2.43 bits per heavy atom. The molecule has 5 heteroatoms. The number of aromatic nitrogens is 2. The van der Waals surface area contributed by atoms with Crippen LogP contribution >= 0.6 is 11.3 Å². The fraction of sp³-hybridized carbons (Fsp3) is 0.111. The van der Waals surface area contributed by atoms with Gasteiger partial charge >= 0.3 is 0 Å². The smallest absolute Gasteiger partial charge is 0.265 e. The summed E-state index contributed by atoms with van der Waals surface area (Å²) in [6.07, 6.45) is 3.21. The number of hydrogen-bond donors (Lipinski definition) is 2. The highest BCUT2D eigenvalue weighted by atomic mass is 32.1. The van der Waals surface area contributed by atoms with E-state index in [1.54, 1.807) is 12.4 Å². The number of aryl methyl sites for hydroxylation is 1. The Kier molecular flexibility index (Phi) is 2.32. The van der Waals surface area contributed by atoms with E-state index in [1.165, 1.54) is 11.3 Å². The van der Waals surface area contributed by atoms with Gasteiger partial charge in [0.2, 0.25) is 0 Å². The van der Waals surface area contributed by atoms with Crippen LogP contribution in [0.2, 0.25) is 0 Å². The molecule has 2 N–H and O–H groups in total. The third-order valence-corrected chi connectivity index (χ3v) is 2.72. The summed E-state index contributed by atoms with van der Waals surface area (Å²) in [5.41, 5.74) is 0.682. The summed E-state index contributed by atoms with van der Waals surface area (Å²) < 4.78 is 0. The first kappa shape index (κ1) is 8.96. The SMILES string of the molecule is Cc1ccc(C(=O)Nc2cn[nH]c2)s1. The molecule has 0 bridgehead atoms. The molecule has 72 valence electrons. The van der Waals surface area contributed by atoms with E-state index >= 15 is 0 Å². The summed E-state index contributed by atoms with van der Waals surface area (Å²) in [6.45, 7) is 1.97. The monoisotopic (exact) mass is 207 g/mol. The number of anilines is 1. The maximum Gasteiger partial charge on any atom is 0.265 e. The van der Waals surface area contributed by atoms with Gasteiger partial charge in [0.1, 0.15) is 0 Å². The topological polar surface area (TPSA) is 57.8 Å². The molecule has 0 aliphatic heterocycles. The molecule has 2 aromatic rings. The molecule has 0 radical (unpaired) electrons. The summed E-state index contributed by atoms with van der Waals surface area (Å²) >= 11 is 1.48. The van der Waals surface area contributed by atoms with Gasteiger partial charge in [0.25, 0.3) is 5.91 Å².